The van der Waals surface area contributed by atoms with Gasteiger partial charge in [-0.25, -0.2) is 0 Å². The Hall–Kier alpha value is -1.26. The van der Waals surface area contributed by atoms with Gasteiger partial charge in [-0.15, -0.1) is 0 Å². The first-order valence-corrected chi connectivity index (χ1v) is 4.42. The second-order valence-electron chi connectivity index (χ2n) is 4.81. The van der Waals surface area contributed by atoms with Crippen LogP contribution in [0.25, 0.3) is 0 Å². The molecule has 0 aliphatic carbocycles. The Morgan fingerprint density at radius 3 is 2.00 bits per heavy atom. The lowest BCUT2D eigenvalue weighted by Crippen LogP contribution is -2.51. The van der Waals surface area contributed by atoms with Crippen LogP contribution in [0.3, 0.4) is 0 Å². The summed E-state index contributed by atoms with van der Waals surface area (Å²) in [7, 11) is 0. The molecule has 4 N–H and O–H groups in total. The molecule has 0 bridgehead atoms. The summed E-state index contributed by atoms with van der Waals surface area (Å²) in [6.45, 7) is 8.81. The minimum absolute atomic E-state index is 0.0979. The SMILES string of the molecule is CC(C)(C)NC(=O)C(C)(C)C(N)=NO. The molecule has 0 radical (unpaired) electrons. The lowest BCUT2D eigenvalue weighted by Gasteiger charge is -2.28. The normalized spacial score (nSPS) is 13.9. The van der Waals surface area contributed by atoms with Crippen LogP contribution in [0.1, 0.15) is 34.6 Å². The summed E-state index contributed by atoms with van der Waals surface area (Å²) >= 11 is 0. The van der Waals surface area contributed by atoms with Crippen molar-refractivity contribution in [2.75, 3.05) is 0 Å². The van der Waals surface area contributed by atoms with Crippen LogP contribution in [-0.4, -0.2) is 22.5 Å². The molecule has 0 unspecified atom stereocenters. The first kappa shape index (κ1) is 12.7. The van der Waals surface area contributed by atoms with E-state index in [9.17, 15) is 4.79 Å². The average molecular weight is 201 g/mol. The number of oxime groups is 1. The van der Waals surface area contributed by atoms with E-state index in [0.717, 1.165) is 0 Å². The van der Waals surface area contributed by atoms with Gasteiger partial charge in [0.1, 0.15) is 5.41 Å². The van der Waals surface area contributed by atoms with Crippen LogP contribution in [-0.2, 0) is 4.79 Å². The van der Waals surface area contributed by atoms with E-state index >= 15 is 0 Å². The molecule has 5 nitrogen and oxygen atoms in total. The van der Waals surface area contributed by atoms with Gasteiger partial charge in [0.2, 0.25) is 5.91 Å². The van der Waals surface area contributed by atoms with Gasteiger partial charge in [0.25, 0.3) is 0 Å². The van der Waals surface area contributed by atoms with Crippen molar-refractivity contribution < 1.29 is 10.0 Å². The summed E-state index contributed by atoms with van der Waals surface area (Å²) in [6, 6.07) is 0. The highest BCUT2D eigenvalue weighted by Crippen LogP contribution is 2.16. The van der Waals surface area contributed by atoms with Crippen LogP contribution in [0, 0.1) is 5.41 Å². The topological polar surface area (TPSA) is 87.7 Å². The third-order valence-electron chi connectivity index (χ3n) is 1.80. The summed E-state index contributed by atoms with van der Waals surface area (Å²) < 4.78 is 0. The zero-order valence-electron chi connectivity index (χ0n) is 9.38. The molecule has 0 saturated carbocycles. The van der Waals surface area contributed by atoms with Gasteiger partial charge in [-0.2, -0.15) is 0 Å². The van der Waals surface area contributed by atoms with Gasteiger partial charge >= 0.3 is 0 Å². The summed E-state index contributed by atoms with van der Waals surface area (Å²) in [5, 5.41) is 14.1. The fourth-order valence-electron chi connectivity index (χ4n) is 0.738. The molecule has 0 aromatic carbocycles. The highest BCUT2D eigenvalue weighted by atomic mass is 16.4. The van der Waals surface area contributed by atoms with Crippen LogP contribution < -0.4 is 11.1 Å². The number of hydrogen-bond acceptors (Lipinski definition) is 3. The van der Waals surface area contributed by atoms with Crippen molar-refractivity contribution in [2.45, 2.75) is 40.2 Å². The van der Waals surface area contributed by atoms with E-state index in [-0.39, 0.29) is 17.3 Å². The fraction of sp³-hybridized carbons (Fsp3) is 0.778. The predicted octanol–water partition coefficient (Wildman–Crippen LogP) is 0.674. The Morgan fingerprint density at radius 1 is 1.29 bits per heavy atom. The maximum atomic E-state index is 11.7. The molecule has 0 aromatic rings. The molecule has 5 heteroatoms. The summed E-state index contributed by atoms with van der Waals surface area (Å²) in [4.78, 5) is 11.7. The standard InChI is InChI=1S/C9H19N3O2/c1-8(2,3)11-7(13)9(4,5)6(10)12-14/h14H,1-5H3,(H2,10,12)(H,11,13). The molecule has 0 heterocycles. The van der Waals surface area contributed by atoms with Crippen molar-refractivity contribution in [3.05, 3.63) is 0 Å². The summed E-state index contributed by atoms with van der Waals surface area (Å²) in [6.07, 6.45) is 0. The highest BCUT2D eigenvalue weighted by molar-refractivity contribution is 6.06. The van der Waals surface area contributed by atoms with E-state index in [1.807, 2.05) is 20.8 Å². The van der Waals surface area contributed by atoms with Gasteiger partial charge in [-0.3, -0.25) is 4.79 Å². The van der Waals surface area contributed by atoms with Crippen LogP contribution in [0.15, 0.2) is 5.16 Å². The second-order valence-corrected chi connectivity index (χ2v) is 4.81. The Kier molecular flexibility index (Phi) is 3.51. The number of nitrogens with one attached hydrogen (secondary N) is 1. The molecule has 0 atom stereocenters. The second kappa shape index (κ2) is 3.86. The highest BCUT2D eigenvalue weighted by Gasteiger charge is 2.34. The van der Waals surface area contributed by atoms with Gasteiger partial charge in [-0.1, -0.05) is 5.16 Å². The molecular weight excluding hydrogens is 182 g/mol. The molecule has 1 amide bonds. The molecule has 14 heavy (non-hydrogen) atoms. The Balaban J connectivity index is 4.69. The minimum Gasteiger partial charge on any atom is -0.409 e. The zero-order valence-corrected chi connectivity index (χ0v) is 9.38. The van der Waals surface area contributed by atoms with E-state index in [0.29, 0.717) is 0 Å². The molecule has 0 spiro atoms. The smallest absolute Gasteiger partial charge is 0.233 e. The van der Waals surface area contributed by atoms with E-state index in [1.165, 1.54) is 0 Å². The third-order valence-corrected chi connectivity index (χ3v) is 1.80. The van der Waals surface area contributed by atoms with E-state index < -0.39 is 5.41 Å². The molecule has 0 fully saturated rings. The zero-order chi connectivity index (χ0) is 11.6. The quantitative estimate of drug-likeness (QED) is 0.265. The van der Waals surface area contributed by atoms with Gasteiger partial charge in [-0.05, 0) is 34.6 Å². The van der Waals surface area contributed by atoms with Gasteiger partial charge in [0, 0.05) is 5.54 Å². The summed E-state index contributed by atoms with van der Waals surface area (Å²) in [5.74, 6) is -0.362. The van der Waals surface area contributed by atoms with Crippen molar-refractivity contribution >= 4 is 11.7 Å². The fourth-order valence-corrected chi connectivity index (χ4v) is 0.738. The van der Waals surface area contributed by atoms with E-state index in [4.69, 9.17) is 10.9 Å². The molecular formula is C9H19N3O2. The van der Waals surface area contributed by atoms with Crippen molar-refractivity contribution in [1.29, 1.82) is 0 Å². The first-order valence-electron chi connectivity index (χ1n) is 4.42. The number of carbonyl (C=O) groups excluding carboxylic acids is 1. The molecule has 0 aromatic heterocycles. The lowest BCUT2D eigenvalue weighted by molar-refractivity contribution is -0.127. The number of hydrogen-bond donors (Lipinski definition) is 3. The van der Waals surface area contributed by atoms with E-state index in [1.54, 1.807) is 13.8 Å². The minimum atomic E-state index is -0.998. The first-order chi connectivity index (χ1) is 6.11. The number of amides is 1. The maximum absolute atomic E-state index is 11.7. The van der Waals surface area contributed by atoms with E-state index in [2.05, 4.69) is 10.5 Å². The van der Waals surface area contributed by atoms with Crippen molar-refractivity contribution in [3.63, 3.8) is 0 Å². The molecule has 0 aliphatic rings. The molecule has 0 rings (SSSR count). The number of nitrogens with zero attached hydrogens (tertiary/aromatic N) is 1. The van der Waals surface area contributed by atoms with Crippen LogP contribution >= 0.6 is 0 Å². The Bertz CT molecular complexity index is 251. The number of rotatable bonds is 2. The number of carbonyl (C=O) groups is 1. The van der Waals surface area contributed by atoms with Crippen LogP contribution in [0.5, 0.6) is 0 Å². The van der Waals surface area contributed by atoms with Gasteiger partial charge in [0.05, 0.1) is 0 Å². The van der Waals surface area contributed by atoms with Crippen molar-refractivity contribution in [1.82, 2.24) is 5.32 Å². The lowest BCUT2D eigenvalue weighted by atomic mass is 9.89. The number of amidine groups is 1. The van der Waals surface area contributed by atoms with Crippen molar-refractivity contribution in [2.24, 2.45) is 16.3 Å². The predicted molar refractivity (Wildman–Crippen MR) is 55.1 cm³/mol. The Labute approximate surface area is 84.4 Å². The summed E-state index contributed by atoms with van der Waals surface area (Å²) in [5.41, 5.74) is 4.08. The Morgan fingerprint density at radius 2 is 1.71 bits per heavy atom. The maximum Gasteiger partial charge on any atom is 0.233 e. The number of nitrogens with two attached hydrogens (primary N) is 1. The van der Waals surface area contributed by atoms with Gasteiger partial charge in [0.15, 0.2) is 5.84 Å². The monoisotopic (exact) mass is 201 g/mol. The third kappa shape index (κ3) is 3.24. The molecule has 82 valence electrons. The molecule has 0 aliphatic heterocycles. The van der Waals surface area contributed by atoms with Crippen LogP contribution in [0.2, 0.25) is 0 Å². The average Bonchev–Trinajstić information content (AvgIpc) is 1.99. The van der Waals surface area contributed by atoms with Gasteiger partial charge < -0.3 is 16.3 Å². The van der Waals surface area contributed by atoms with Crippen molar-refractivity contribution in [3.8, 4) is 0 Å². The molecule has 0 saturated heterocycles. The van der Waals surface area contributed by atoms with Crippen LogP contribution in [0.4, 0.5) is 0 Å². The largest absolute Gasteiger partial charge is 0.409 e.